The molecule has 0 radical (unpaired) electrons. The lowest BCUT2D eigenvalue weighted by molar-refractivity contribution is -0.130. The Kier molecular flexibility index (Phi) is 6.41. The van der Waals surface area contributed by atoms with Crippen molar-refractivity contribution in [3.8, 4) is 11.5 Å². The lowest BCUT2D eigenvalue weighted by atomic mass is 9.85. The van der Waals surface area contributed by atoms with Gasteiger partial charge in [-0.25, -0.2) is 0 Å². The summed E-state index contributed by atoms with van der Waals surface area (Å²) >= 11 is 5.83. The normalized spacial score (nSPS) is 16.3. The largest absolute Gasteiger partial charge is 0.507 e. The fraction of sp³-hybridized carbons (Fsp3) is 0.250. The Morgan fingerprint density at radius 1 is 1.06 bits per heavy atom. The predicted molar refractivity (Wildman–Crippen MR) is 121 cm³/mol. The molecule has 3 rings (SSSR count). The van der Waals surface area contributed by atoms with Gasteiger partial charge in [-0.05, 0) is 62.2 Å². The van der Waals surface area contributed by atoms with Gasteiger partial charge in [-0.15, -0.1) is 0 Å². The Balaban J connectivity index is 1.95. The van der Waals surface area contributed by atoms with E-state index < -0.39 is 11.6 Å². The number of halogens is 1. The van der Waals surface area contributed by atoms with E-state index >= 15 is 0 Å². The quantitative estimate of drug-likeness (QED) is 0.393. The average molecular weight is 442 g/mol. The van der Waals surface area contributed by atoms with Crippen LogP contribution in [0.15, 0.2) is 48.6 Å². The SMILES string of the molecule is COc1cc2c(cc1OC)/C(=C/C(=O)C(=O)/C=C(\O)c1ccc(Cl)cc1)NC(C)(C)C2. The molecule has 7 heteroatoms. The Labute approximate surface area is 186 Å². The zero-order chi connectivity index (χ0) is 22.8. The monoisotopic (exact) mass is 441 g/mol. The molecule has 2 N–H and O–H groups in total. The predicted octanol–water partition coefficient (Wildman–Crippen LogP) is 4.36. The second kappa shape index (κ2) is 8.86. The molecule has 2 aromatic carbocycles. The van der Waals surface area contributed by atoms with E-state index in [2.05, 4.69) is 5.32 Å². The Morgan fingerprint density at radius 3 is 2.29 bits per heavy atom. The molecule has 0 spiro atoms. The summed E-state index contributed by atoms with van der Waals surface area (Å²) in [6.45, 7) is 4.00. The summed E-state index contributed by atoms with van der Waals surface area (Å²) in [5.41, 5.74) is 2.27. The van der Waals surface area contributed by atoms with Gasteiger partial charge in [-0.2, -0.15) is 0 Å². The molecule has 1 aliphatic rings. The van der Waals surface area contributed by atoms with Crippen molar-refractivity contribution in [3.63, 3.8) is 0 Å². The lowest BCUT2D eigenvalue weighted by Crippen LogP contribution is -2.44. The molecule has 0 atom stereocenters. The van der Waals surface area contributed by atoms with Gasteiger partial charge in [0.25, 0.3) is 0 Å². The van der Waals surface area contributed by atoms with Gasteiger partial charge < -0.3 is 19.9 Å². The van der Waals surface area contributed by atoms with E-state index in [1.54, 1.807) is 37.4 Å². The fourth-order valence-corrected chi connectivity index (χ4v) is 3.61. The molecule has 0 aromatic heterocycles. The summed E-state index contributed by atoms with van der Waals surface area (Å²) < 4.78 is 10.8. The fourth-order valence-electron chi connectivity index (χ4n) is 3.49. The first-order chi connectivity index (χ1) is 14.6. The van der Waals surface area contributed by atoms with Crippen LogP contribution in [0.25, 0.3) is 11.5 Å². The number of carbonyl (C=O) groups excluding carboxylic acids is 2. The minimum atomic E-state index is -0.841. The summed E-state index contributed by atoms with van der Waals surface area (Å²) in [6.07, 6.45) is 2.85. The summed E-state index contributed by atoms with van der Waals surface area (Å²) in [6, 6.07) is 9.95. The molecule has 31 heavy (non-hydrogen) atoms. The van der Waals surface area contributed by atoms with E-state index in [9.17, 15) is 14.7 Å². The van der Waals surface area contributed by atoms with Gasteiger partial charge in [-0.3, -0.25) is 9.59 Å². The van der Waals surface area contributed by atoms with Crippen LogP contribution in [-0.2, 0) is 16.0 Å². The van der Waals surface area contributed by atoms with Gasteiger partial charge in [0.05, 0.1) is 14.2 Å². The topological polar surface area (TPSA) is 84.9 Å². The number of methoxy groups -OCH3 is 2. The van der Waals surface area contributed by atoms with E-state index in [-0.39, 0.29) is 11.3 Å². The number of ether oxygens (including phenoxy) is 2. The van der Waals surface area contributed by atoms with E-state index in [0.717, 1.165) is 17.2 Å². The highest BCUT2D eigenvalue weighted by atomic mass is 35.5. The van der Waals surface area contributed by atoms with Crippen LogP contribution in [0, 0.1) is 0 Å². The molecule has 1 aliphatic heterocycles. The number of aliphatic hydroxyl groups excluding tert-OH is 1. The molecule has 0 saturated carbocycles. The number of nitrogens with one attached hydrogen (secondary N) is 1. The third kappa shape index (κ3) is 5.09. The van der Waals surface area contributed by atoms with Crippen LogP contribution < -0.4 is 14.8 Å². The minimum absolute atomic E-state index is 0.308. The van der Waals surface area contributed by atoms with E-state index in [0.29, 0.717) is 34.2 Å². The average Bonchev–Trinajstić information content (AvgIpc) is 2.72. The molecule has 162 valence electrons. The Hall–Kier alpha value is -3.25. The van der Waals surface area contributed by atoms with Crippen LogP contribution >= 0.6 is 11.6 Å². The number of hydrogen-bond acceptors (Lipinski definition) is 6. The summed E-state index contributed by atoms with van der Waals surface area (Å²) in [4.78, 5) is 25.1. The standard InChI is InChI=1S/C24H24ClNO5/c1-24(2)13-15-9-22(30-3)23(31-4)10-17(15)18(26-24)11-20(28)21(29)12-19(27)14-5-7-16(25)8-6-14/h5-12,26-27H,13H2,1-4H3/b18-11-,19-12-. The zero-order valence-corrected chi connectivity index (χ0v) is 18.5. The zero-order valence-electron chi connectivity index (χ0n) is 17.8. The highest BCUT2D eigenvalue weighted by Crippen LogP contribution is 2.38. The highest BCUT2D eigenvalue weighted by molar-refractivity contribution is 6.47. The number of ketones is 2. The maximum absolute atomic E-state index is 12.6. The molecule has 0 aliphatic carbocycles. The van der Waals surface area contributed by atoms with Crippen LogP contribution in [0.5, 0.6) is 11.5 Å². The highest BCUT2D eigenvalue weighted by Gasteiger charge is 2.30. The number of fused-ring (bicyclic) bond motifs is 1. The van der Waals surface area contributed by atoms with Crippen molar-refractivity contribution in [1.82, 2.24) is 5.32 Å². The second-order valence-corrected chi connectivity index (χ2v) is 8.31. The summed E-state index contributed by atoms with van der Waals surface area (Å²) in [5.74, 6) is -0.796. The van der Waals surface area contributed by atoms with Gasteiger partial charge in [0, 0.05) is 39.5 Å². The first kappa shape index (κ1) is 22.4. The molecule has 0 unspecified atom stereocenters. The maximum atomic E-state index is 12.6. The summed E-state index contributed by atoms with van der Waals surface area (Å²) in [7, 11) is 3.10. The van der Waals surface area contributed by atoms with Gasteiger partial charge in [-0.1, -0.05) is 11.6 Å². The first-order valence-electron chi connectivity index (χ1n) is 9.63. The molecular formula is C24H24ClNO5. The smallest absolute Gasteiger partial charge is 0.229 e. The van der Waals surface area contributed by atoms with E-state index in [1.807, 2.05) is 19.9 Å². The molecule has 1 heterocycles. The van der Waals surface area contributed by atoms with Crippen LogP contribution in [0.2, 0.25) is 5.02 Å². The Morgan fingerprint density at radius 2 is 1.68 bits per heavy atom. The molecule has 0 saturated heterocycles. The third-order valence-electron chi connectivity index (χ3n) is 4.93. The number of benzene rings is 2. The van der Waals surface area contributed by atoms with Gasteiger partial charge in [0.2, 0.25) is 11.6 Å². The summed E-state index contributed by atoms with van der Waals surface area (Å²) in [5, 5.41) is 14.0. The number of carbonyl (C=O) groups is 2. The third-order valence-corrected chi connectivity index (χ3v) is 5.18. The van der Waals surface area contributed by atoms with Crippen molar-refractivity contribution in [2.75, 3.05) is 14.2 Å². The van der Waals surface area contributed by atoms with E-state index in [1.165, 1.54) is 13.2 Å². The molecule has 0 bridgehead atoms. The van der Waals surface area contributed by atoms with Crippen molar-refractivity contribution in [1.29, 1.82) is 0 Å². The van der Waals surface area contributed by atoms with Crippen LogP contribution in [0.4, 0.5) is 0 Å². The minimum Gasteiger partial charge on any atom is -0.507 e. The number of aliphatic hydroxyl groups is 1. The lowest BCUT2D eigenvalue weighted by Gasteiger charge is -2.36. The number of hydrogen-bond donors (Lipinski definition) is 2. The maximum Gasteiger partial charge on any atom is 0.229 e. The molecular weight excluding hydrogens is 418 g/mol. The van der Waals surface area contributed by atoms with Crippen molar-refractivity contribution in [2.24, 2.45) is 0 Å². The van der Waals surface area contributed by atoms with Crippen LogP contribution in [-0.4, -0.2) is 36.4 Å². The van der Waals surface area contributed by atoms with Crippen molar-refractivity contribution < 1.29 is 24.2 Å². The molecule has 2 aromatic rings. The molecule has 6 nitrogen and oxygen atoms in total. The van der Waals surface area contributed by atoms with Gasteiger partial charge >= 0.3 is 0 Å². The second-order valence-electron chi connectivity index (χ2n) is 7.87. The first-order valence-corrected chi connectivity index (χ1v) is 10.0. The Bertz CT molecular complexity index is 1080. The molecule has 0 fully saturated rings. The van der Waals surface area contributed by atoms with Crippen LogP contribution in [0.1, 0.15) is 30.5 Å². The van der Waals surface area contributed by atoms with Crippen LogP contribution in [0.3, 0.4) is 0 Å². The van der Waals surface area contributed by atoms with Crippen molar-refractivity contribution in [2.45, 2.75) is 25.8 Å². The number of rotatable bonds is 6. The number of allylic oxidation sites excluding steroid dienone is 2. The van der Waals surface area contributed by atoms with E-state index in [4.69, 9.17) is 21.1 Å². The van der Waals surface area contributed by atoms with Crippen molar-refractivity contribution in [3.05, 3.63) is 70.3 Å². The van der Waals surface area contributed by atoms with Gasteiger partial charge in [0.15, 0.2) is 11.5 Å². The molecule has 0 amide bonds. The van der Waals surface area contributed by atoms with Crippen molar-refractivity contribution >= 4 is 34.6 Å². The van der Waals surface area contributed by atoms with Gasteiger partial charge in [0.1, 0.15) is 5.76 Å².